The predicted octanol–water partition coefficient (Wildman–Crippen LogP) is 4.78. The monoisotopic (exact) mass is 524 g/mol. The van der Waals surface area contributed by atoms with E-state index in [0.29, 0.717) is 39.8 Å². The standard InChI is InChI=1S/C25H20F4N8O/c1-36-11-18(25(27,28)29)34-23(36)16-6-3-13(7-17(16)26)10-37-22-15(9-33-37)8-30-21(35-22)19-20(14-4-5-14)31-12-32-24(19)38-2/h3,6-9,11-12,14H,4-5,10H2,1-2H3. The first-order valence-corrected chi connectivity index (χ1v) is 11.7. The molecule has 0 N–H and O–H groups in total. The lowest BCUT2D eigenvalue weighted by Crippen LogP contribution is -2.06. The molecule has 0 radical (unpaired) electrons. The molecule has 0 amide bonds. The fraction of sp³-hybridized carbons (Fsp3) is 0.280. The van der Waals surface area contributed by atoms with Gasteiger partial charge in [-0.25, -0.2) is 34.0 Å². The van der Waals surface area contributed by atoms with Crippen LogP contribution in [0.4, 0.5) is 17.6 Å². The molecule has 0 saturated heterocycles. The van der Waals surface area contributed by atoms with E-state index in [1.807, 2.05) is 0 Å². The van der Waals surface area contributed by atoms with Crippen molar-refractivity contribution in [1.82, 2.24) is 39.3 Å². The lowest BCUT2D eigenvalue weighted by Gasteiger charge is -2.11. The molecule has 1 aliphatic carbocycles. The van der Waals surface area contributed by atoms with Crippen molar-refractivity contribution < 1.29 is 22.3 Å². The van der Waals surface area contributed by atoms with Gasteiger partial charge in [0.2, 0.25) is 5.88 Å². The van der Waals surface area contributed by atoms with Crippen LogP contribution in [-0.4, -0.2) is 46.4 Å². The summed E-state index contributed by atoms with van der Waals surface area (Å²) < 4.78 is 62.4. The van der Waals surface area contributed by atoms with Crippen molar-refractivity contribution in [2.45, 2.75) is 31.5 Å². The molecular formula is C25H20F4N8O. The molecule has 4 heterocycles. The van der Waals surface area contributed by atoms with Gasteiger partial charge in [0.15, 0.2) is 17.2 Å². The summed E-state index contributed by atoms with van der Waals surface area (Å²) in [6, 6.07) is 4.29. The molecule has 6 rings (SSSR count). The minimum Gasteiger partial charge on any atom is -0.480 e. The van der Waals surface area contributed by atoms with Crippen LogP contribution < -0.4 is 4.74 Å². The highest BCUT2D eigenvalue weighted by Crippen LogP contribution is 2.44. The van der Waals surface area contributed by atoms with E-state index in [1.165, 1.54) is 32.6 Å². The third-order valence-corrected chi connectivity index (χ3v) is 6.37. The summed E-state index contributed by atoms with van der Waals surface area (Å²) in [7, 11) is 2.91. The molecule has 1 saturated carbocycles. The fourth-order valence-corrected chi connectivity index (χ4v) is 4.38. The number of imidazole rings is 1. The number of fused-ring (bicyclic) bond motifs is 1. The molecule has 1 aromatic carbocycles. The lowest BCUT2D eigenvalue weighted by molar-refractivity contribution is -0.140. The third-order valence-electron chi connectivity index (χ3n) is 6.37. The van der Waals surface area contributed by atoms with Gasteiger partial charge in [0.1, 0.15) is 23.5 Å². The molecule has 194 valence electrons. The summed E-state index contributed by atoms with van der Waals surface area (Å²) in [5.41, 5.74) is 1.42. The number of alkyl halides is 3. The molecule has 38 heavy (non-hydrogen) atoms. The summed E-state index contributed by atoms with van der Waals surface area (Å²) in [5.74, 6) is 0.271. The van der Waals surface area contributed by atoms with Gasteiger partial charge in [-0.2, -0.15) is 18.3 Å². The number of nitrogens with zero attached hydrogens (tertiary/aromatic N) is 8. The van der Waals surface area contributed by atoms with Crippen molar-refractivity contribution in [1.29, 1.82) is 0 Å². The van der Waals surface area contributed by atoms with Crippen LogP contribution >= 0.6 is 0 Å². The smallest absolute Gasteiger partial charge is 0.434 e. The molecule has 4 aromatic heterocycles. The van der Waals surface area contributed by atoms with E-state index in [0.717, 1.165) is 29.3 Å². The Bertz CT molecular complexity index is 1670. The summed E-state index contributed by atoms with van der Waals surface area (Å²) in [5, 5.41) is 5.06. The van der Waals surface area contributed by atoms with E-state index in [9.17, 15) is 13.2 Å². The Morgan fingerprint density at radius 1 is 1.08 bits per heavy atom. The molecule has 5 aromatic rings. The minimum atomic E-state index is -4.62. The zero-order chi connectivity index (χ0) is 26.6. The Kier molecular flexibility index (Phi) is 5.58. The Morgan fingerprint density at radius 2 is 1.89 bits per heavy atom. The maximum absolute atomic E-state index is 15.0. The molecule has 0 spiro atoms. The fourth-order valence-electron chi connectivity index (χ4n) is 4.38. The summed E-state index contributed by atoms with van der Waals surface area (Å²) in [6.07, 6.45) is 2.96. The summed E-state index contributed by atoms with van der Waals surface area (Å²) in [6.45, 7) is 0.170. The van der Waals surface area contributed by atoms with Crippen molar-refractivity contribution in [3.8, 4) is 28.7 Å². The van der Waals surface area contributed by atoms with Gasteiger partial charge in [0.05, 0.1) is 36.5 Å². The van der Waals surface area contributed by atoms with Gasteiger partial charge >= 0.3 is 6.18 Å². The van der Waals surface area contributed by atoms with Crippen molar-refractivity contribution >= 4 is 11.0 Å². The number of hydrogen-bond acceptors (Lipinski definition) is 7. The van der Waals surface area contributed by atoms with Crippen molar-refractivity contribution in [3.05, 3.63) is 65.9 Å². The maximum Gasteiger partial charge on any atom is 0.434 e. The second kappa shape index (κ2) is 8.85. The quantitative estimate of drug-likeness (QED) is 0.295. The lowest BCUT2D eigenvalue weighted by atomic mass is 10.1. The maximum atomic E-state index is 15.0. The highest BCUT2D eigenvalue weighted by Gasteiger charge is 2.35. The number of aryl methyl sites for hydroxylation is 1. The van der Waals surface area contributed by atoms with Crippen LogP contribution in [0.3, 0.4) is 0 Å². The number of methoxy groups -OCH3 is 1. The van der Waals surface area contributed by atoms with E-state index in [-0.39, 0.29) is 17.9 Å². The van der Waals surface area contributed by atoms with E-state index in [1.54, 1.807) is 23.1 Å². The third kappa shape index (κ3) is 4.23. The Hall–Kier alpha value is -4.42. The number of halogens is 4. The van der Waals surface area contributed by atoms with Crippen LogP contribution in [0.1, 0.15) is 35.7 Å². The predicted molar refractivity (Wildman–Crippen MR) is 128 cm³/mol. The summed E-state index contributed by atoms with van der Waals surface area (Å²) >= 11 is 0. The van der Waals surface area contributed by atoms with Gasteiger partial charge < -0.3 is 9.30 Å². The van der Waals surface area contributed by atoms with E-state index in [4.69, 9.17) is 9.72 Å². The SMILES string of the molecule is COc1ncnc(C2CC2)c1-c1ncc2cnn(Cc3ccc(-c4nc(C(F)(F)F)cn4C)c(F)c3)c2n1. The molecule has 13 heteroatoms. The second-order valence-corrected chi connectivity index (χ2v) is 9.06. The van der Waals surface area contributed by atoms with E-state index in [2.05, 4.69) is 25.0 Å². The zero-order valence-electron chi connectivity index (χ0n) is 20.2. The average molecular weight is 524 g/mol. The van der Waals surface area contributed by atoms with Gasteiger partial charge in [-0.3, -0.25) is 0 Å². The zero-order valence-corrected chi connectivity index (χ0v) is 20.2. The molecule has 9 nitrogen and oxygen atoms in total. The van der Waals surface area contributed by atoms with Crippen LogP contribution in [-0.2, 0) is 19.8 Å². The number of aromatic nitrogens is 8. The van der Waals surface area contributed by atoms with Crippen molar-refractivity contribution in [2.24, 2.45) is 7.05 Å². The number of hydrogen-bond donors (Lipinski definition) is 0. The van der Waals surface area contributed by atoms with E-state index < -0.39 is 17.7 Å². The number of benzene rings is 1. The Labute approximate surface area is 213 Å². The highest BCUT2D eigenvalue weighted by atomic mass is 19.4. The van der Waals surface area contributed by atoms with Crippen molar-refractivity contribution in [3.63, 3.8) is 0 Å². The first-order valence-electron chi connectivity index (χ1n) is 11.7. The van der Waals surface area contributed by atoms with E-state index >= 15 is 4.39 Å². The molecular weight excluding hydrogens is 504 g/mol. The van der Waals surface area contributed by atoms with Crippen LogP contribution in [0.25, 0.3) is 33.8 Å². The normalized spacial score (nSPS) is 13.8. The topological polar surface area (TPSA) is 96.4 Å². The Morgan fingerprint density at radius 3 is 2.58 bits per heavy atom. The van der Waals surface area contributed by atoms with Crippen LogP contribution in [0.15, 0.2) is 43.1 Å². The average Bonchev–Trinajstić information content (AvgIpc) is 3.56. The molecule has 1 aliphatic rings. The largest absolute Gasteiger partial charge is 0.480 e. The Balaban J connectivity index is 1.34. The second-order valence-electron chi connectivity index (χ2n) is 9.06. The van der Waals surface area contributed by atoms with Gasteiger partial charge in [-0.15, -0.1) is 0 Å². The van der Waals surface area contributed by atoms with Crippen LogP contribution in [0.2, 0.25) is 0 Å². The van der Waals surface area contributed by atoms with Gasteiger partial charge in [-0.05, 0) is 30.5 Å². The molecule has 0 bridgehead atoms. The molecule has 1 fully saturated rings. The number of ether oxygens (including phenoxy) is 1. The van der Waals surface area contributed by atoms with Gasteiger partial charge in [0, 0.05) is 25.4 Å². The van der Waals surface area contributed by atoms with Crippen LogP contribution in [0, 0.1) is 5.82 Å². The van der Waals surface area contributed by atoms with Crippen molar-refractivity contribution in [2.75, 3.05) is 7.11 Å². The van der Waals surface area contributed by atoms with Crippen LogP contribution in [0.5, 0.6) is 5.88 Å². The van der Waals surface area contributed by atoms with Gasteiger partial charge in [-0.1, -0.05) is 6.07 Å². The van der Waals surface area contributed by atoms with Gasteiger partial charge in [0.25, 0.3) is 0 Å². The summed E-state index contributed by atoms with van der Waals surface area (Å²) in [4.78, 5) is 21.5. The molecule has 0 aliphatic heterocycles. The first-order chi connectivity index (χ1) is 18.2. The number of rotatable bonds is 6. The first kappa shape index (κ1) is 23.9. The minimum absolute atomic E-state index is 0.0366. The molecule has 0 unspecified atom stereocenters. The highest BCUT2D eigenvalue weighted by molar-refractivity contribution is 5.77. The molecule has 0 atom stereocenters.